The van der Waals surface area contributed by atoms with Crippen LogP contribution < -0.4 is 10.9 Å². The molecule has 3 atom stereocenters. The highest BCUT2D eigenvalue weighted by molar-refractivity contribution is 6.30. The van der Waals surface area contributed by atoms with Crippen LogP contribution in [-0.4, -0.2) is 27.0 Å². The molecule has 0 unspecified atom stereocenters. The third-order valence-corrected chi connectivity index (χ3v) is 6.18. The molecule has 0 saturated carbocycles. The number of aromatic hydroxyl groups is 1. The second-order valence-electron chi connectivity index (χ2n) is 7.83. The van der Waals surface area contributed by atoms with Gasteiger partial charge in [-0.05, 0) is 54.7 Å². The number of pyridine rings is 1. The number of aromatic amines is 1. The summed E-state index contributed by atoms with van der Waals surface area (Å²) in [4.78, 5) is 14.3. The van der Waals surface area contributed by atoms with E-state index in [1.54, 1.807) is 25.1 Å². The summed E-state index contributed by atoms with van der Waals surface area (Å²) >= 11 is 6.07. The van der Waals surface area contributed by atoms with E-state index in [-0.39, 0.29) is 21.9 Å². The van der Waals surface area contributed by atoms with Crippen LogP contribution in [0.5, 0.6) is 5.75 Å². The zero-order valence-electron chi connectivity index (χ0n) is 16.4. The molecule has 3 aromatic rings. The summed E-state index contributed by atoms with van der Waals surface area (Å²) in [6.07, 6.45) is -5.27. The van der Waals surface area contributed by atoms with Crippen LogP contribution in [0.2, 0.25) is 5.02 Å². The molecule has 0 saturated heterocycles. The maximum atomic E-state index is 14.2. The molecule has 4 N–H and O–H groups in total. The maximum absolute atomic E-state index is 14.2. The fourth-order valence-corrected chi connectivity index (χ4v) is 4.68. The van der Waals surface area contributed by atoms with Gasteiger partial charge in [-0.25, -0.2) is 0 Å². The number of phenolic OH excluding ortho intramolecular Hbond substituents is 1. The van der Waals surface area contributed by atoms with E-state index in [1.807, 2.05) is 0 Å². The average Bonchev–Trinajstić information content (AvgIpc) is 2.68. The van der Waals surface area contributed by atoms with Gasteiger partial charge < -0.3 is 20.5 Å². The number of hydrogen-bond donors (Lipinski definition) is 4. The predicted molar refractivity (Wildman–Crippen MR) is 113 cm³/mol. The van der Waals surface area contributed by atoms with Crippen LogP contribution in [-0.2, 0) is 0 Å². The van der Waals surface area contributed by atoms with Gasteiger partial charge in [0.15, 0.2) is 5.60 Å². The summed E-state index contributed by atoms with van der Waals surface area (Å²) in [6, 6.07) is 8.55. The molecule has 0 radical (unpaired) electrons. The lowest BCUT2D eigenvalue weighted by Crippen LogP contribution is -2.55. The highest BCUT2D eigenvalue weighted by Crippen LogP contribution is 2.55. The van der Waals surface area contributed by atoms with Crippen LogP contribution in [0.25, 0.3) is 10.9 Å². The molecular weight excluding hydrogens is 433 g/mol. The smallest absolute Gasteiger partial charge is 0.419 e. The molecule has 4 rings (SSSR count). The van der Waals surface area contributed by atoms with E-state index >= 15 is 0 Å². The molecule has 0 bridgehead atoms. The van der Waals surface area contributed by atoms with Crippen molar-refractivity contribution < 1.29 is 23.4 Å². The Hall–Kier alpha value is -2.71. The molecule has 9 heteroatoms. The van der Waals surface area contributed by atoms with E-state index in [0.29, 0.717) is 28.6 Å². The Bertz CT molecular complexity index is 1210. The number of fused-ring (bicyclic) bond motifs is 2. The van der Waals surface area contributed by atoms with Crippen molar-refractivity contribution in [2.45, 2.75) is 43.5 Å². The number of nitrogens with one attached hydrogen (secondary N) is 2. The van der Waals surface area contributed by atoms with Gasteiger partial charge in [0, 0.05) is 27.7 Å². The first-order valence-electron chi connectivity index (χ1n) is 9.75. The Morgan fingerprint density at radius 3 is 2.68 bits per heavy atom. The van der Waals surface area contributed by atoms with E-state index in [0.717, 1.165) is 0 Å². The van der Waals surface area contributed by atoms with Crippen LogP contribution >= 0.6 is 11.6 Å². The summed E-state index contributed by atoms with van der Waals surface area (Å²) in [5.41, 5.74) is -2.30. The Morgan fingerprint density at radius 1 is 1.26 bits per heavy atom. The van der Waals surface area contributed by atoms with Crippen molar-refractivity contribution in [2.24, 2.45) is 0 Å². The van der Waals surface area contributed by atoms with Gasteiger partial charge in [0.25, 0.3) is 0 Å². The number of H-pyrrole nitrogens is 1. The summed E-state index contributed by atoms with van der Waals surface area (Å²) in [6.45, 7) is 1.70. The summed E-state index contributed by atoms with van der Waals surface area (Å²) in [5.74, 6) is -0.909. The van der Waals surface area contributed by atoms with Crippen molar-refractivity contribution in [3.8, 4) is 5.75 Å². The van der Waals surface area contributed by atoms with Crippen LogP contribution in [0.4, 0.5) is 18.9 Å². The van der Waals surface area contributed by atoms with Crippen molar-refractivity contribution >= 4 is 28.2 Å². The van der Waals surface area contributed by atoms with Gasteiger partial charge in [-0.15, -0.1) is 0 Å². The Balaban J connectivity index is 1.95. The number of benzene rings is 2. The molecule has 1 heterocycles. The molecule has 31 heavy (non-hydrogen) atoms. The number of phenols is 1. The van der Waals surface area contributed by atoms with Crippen molar-refractivity contribution in [1.82, 2.24) is 4.98 Å². The van der Waals surface area contributed by atoms with Crippen LogP contribution in [0.15, 0.2) is 47.3 Å². The fourth-order valence-electron chi connectivity index (χ4n) is 4.45. The second-order valence-corrected chi connectivity index (χ2v) is 8.26. The Kier molecular flexibility index (Phi) is 5.18. The third kappa shape index (κ3) is 3.53. The van der Waals surface area contributed by atoms with Gasteiger partial charge in [0.05, 0.1) is 11.6 Å². The van der Waals surface area contributed by atoms with E-state index in [9.17, 15) is 28.2 Å². The molecule has 0 aliphatic heterocycles. The first-order chi connectivity index (χ1) is 14.5. The third-order valence-electron chi connectivity index (χ3n) is 5.96. The van der Waals surface area contributed by atoms with E-state index < -0.39 is 30.2 Å². The molecule has 0 fully saturated rings. The molecule has 1 aliphatic carbocycles. The number of alkyl halides is 3. The zero-order chi connectivity index (χ0) is 22.6. The minimum atomic E-state index is -4.95. The van der Waals surface area contributed by atoms with E-state index in [1.165, 1.54) is 24.3 Å². The van der Waals surface area contributed by atoms with Crippen molar-refractivity contribution in [2.75, 3.05) is 5.32 Å². The molecule has 1 aromatic heterocycles. The molecular formula is C22H20ClF3N2O3. The highest BCUT2D eigenvalue weighted by Gasteiger charge is 2.62. The number of aliphatic hydroxyl groups is 1. The first kappa shape index (κ1) is 21.5. The van der Waals surface area contributed by atoms with E-state index in [4.69, 9.17) is 11.6 Å². The number of halogens is 4. The minimum Gasteiger partial charge on any atom is -0.508 e. The highest BCUT2D eigenvalue weighted by atomic mass is 35.5. The lowest BCUT2D eigenvalue weighted by Gasteiger charge is -2.46. The van der Waals surface area contributed by atoms with Crippen LogP contribution in [0.3, 0.4) is 0 Å². The normalized spacial score (nSPS) is 23.5. The molecule has 2 aromatic carbocycles. The first-order valence-corrected chi connectivity index (χ1v) is 10.1. The van der Waals surface area contributed by atoms with Crippen molar-refractivity contribution in [3.63, 3.8) is 0 Å². The fraction of sp³-hybridized carbons (Fsp3) is 0.318. The monoisotopic (exact) mass is 452 g/mol. The number of aromatic nitrogens is 1. The topological polar surface area (TPSA) is 85.4 Å². The number of hydrogen-bond acceptors (Lipinski definition) is 4. The second kappa shape index (κ2) is 7.46. The van der Waals surface area contributed by atoms with Crippen LogP contribution in [0.1, 0.15) is 42.9 Å². The van der Waals surface area contributed by atoms with Gasteiger partial charge in [-0.3, -0.25) is 4.79 Å². The van der Waals surface area contributed by atoms with Crippen LogP contribution in [0, 0.1) is 0 Å². The van der Waals surface area contributed by atoms with Crippen molar-refractivity contribution in [1.29, 1.82) is 0 Å². The molecule has 1 aliphatic rings. The molecule has 0 spiro atoms. The summed E-state index contributed by atoms with van der Waals surface area (Å²) in [5, 5.41) is 24.9. The summed E-state index contributed by atoms with van der Waals surface area (Å²) in [7, 11) is 0. The SMILES string of the molecule is CC[C@@H]1C[C@@](O)(C(F)(F)F)[C@@H](Nc2cccc3[nH]c(=O)ccc23)c2cc(Cl)cc(O)c21. The van der Waals surface area contributed by atoms with E-state index in [2.05, 4.69) is 10.3 Å². The van der Waals surface area contributed by atoms with Gasteiger partial charge in [0.2, 0.25) is 5.56 Å². The minimum absolute atomic E-state index is 0.0616. The largest absolute Gasteiger partial charge is 0.508 e. The standard InChI is InChI=1S/C22H20ClF3N2O3/c1-2-11-10-21(31,22(24,25)26)20(14-8-12(23)9-17(29)19(11)14)28-16-5-3-4-15-13(16)6-7-18(30)27-15/h3-9,11,20,28-29,31H,2,10H2,1H3,(H,27,30)/t11-,20+,21+/m1/s1. The quantitative estimate of drug-likeness (QED) is 0.438. The van der Waals surface area contributed by atoms with Gasteiger partial charge in [-0.1, -0.05) is 24.6 Å². The van der Waals surface area contributed by atoms with Gasteiger partial charge in [-0.2, -0.15) is 13.2 Å². The lowest BCUT2D eigenvalue weighted by molar-refractivity contribution is -0.272. The molecule has 5 nitrogen and oxygen atoms in total. The lowest BCUT2D eigenvalue weighted by atomic mass is 9.69. The predicted octanol–water partition coefficient (Wildman–Crippen LogP) is 5.23. The maximum Gasteiger partial charge on any atom is 0.419 e. The molecule has 164 valence electrons. The molecule has 0 amide bonds. The Morgan fingerprint density at radius 2 is 2.00 bits per heavy atom. The average molecular weight is 453 g/mol. The summed E-state index contributed by atoms with van der Waals surface area (Å²) < 4.78 is 42.7. The number of rotatable bonds is 3. The van der Waals surface area contributed by atoms with Gasteiger partial charge in [0.1, 0.15) is 5.75 Å². The number of anilines is 1. The zero-order valence-corrected chi connectivity index (χ0v) is 17.2. The Labute approximate surface area is 180 Å². The van der Waals surface area contributed by atoms with Crippen molar-refractivity contribution in [3.05, 3.63) is 69.0 Å². The van der Waals surface area contributed by atoms with Gasteiger partial charge >= 0.3 is 6.18 Å².